The van der Waals surface area contributed by atoms with Crippen molar-refractivity contribution < 1.29 is 19.0 Å². The van der Waals surface area contributed by atoms with Crippen molar-refractivity contribution in [3.8, 4) is 17.2 Å². The van der Waals surface area contributed by atoms with Gasteiger partial charge in [0.2, 0.25) is 0 Å². The molecule has 0 aliphatic carbocycles. The monoisotopic (exact) mass is 398 g/mol. The molecule has 0 spiro atoms. The molecule has 6 heteroatoms. The Bertz CT molecular complexity index is 853. The predicted molar refractivity (Wildman–Crippen MR) is 113 cm³/mol. The van der Waals surface area contributed by atoms with Gasteiger partial charge in [-0.1, -0.05) is 18.2 Å². The summed E-state index contributed by atoms with van der Waals surface area (Å²) in [5.41, 5.74) is 2.88. The summed E-state index contributed by atoms with van der Waals surface area (Å²) in [7, 11) is 5.40. The molecule has 29 heavy (non-hydrogen) atoms. The second kappa shape index (κ2) is 9.65. The Morgan fingerprint density at radius 3 is 2.66 bits per heavy atom. The fraction of sp³-hybridized carbons (Fsp3) is 0.435. The van der Waals surface area contributed by atoms with Crippen LogP contribution in [0.5, 0.6) is 17.2 Å². The van der Waals surface area contributed by atoms with Crippen LogP contribution in [-0.4, -0.2) is 63.3 Å². The van der Waals surface area contributed by atoms with Gasteiger partial charge in [0.05, 0.1) is 19.8 Å². The maximum Gasteiger partial charge on any atom is 0.260 e. The van der Waals surface area contributed by atoms with E-state index < -0.39 is 0 Å². The summed E-state index contributed by atoms with van der Waals surface area (Å²) in [5, 5.41) is 0. The predicted octanol–water partition coefficient (Wildman–Crippen LogP) is 3.37. The number of hydrogen-bond donors (Lipinski definition) is 0. The van der Waals surface area contributed by atoms with Crippen LogP contribution < -0.4 is 14.2 Å². The Hall–Kier alpha value is -2.73. The number of rotatable bonds is 9. The highest BCUT2D eigenvalue weighted by Crippen LogP contribution is 2.29. The minimum absolute atomic E-state index is 0.0583. The molecule has 1 aliphatic rings. The van der Waals surface area contributed by atoms with Crippen molar-refractivity contribution in [2.75, 3.05) is 47.6 Å². The van der Waals surface area contributed by atoms with Gasteiger partial charge in [0, 0.05) is 13.1 Å². The molecule has 0 aromatic heterocycles. The first-order valence-corrected chi connectivity index (χ1v) is 9.94. The van der Waals surface area contributed by atoms with E-state index in [1.165, 1.54) is 5.56 Å². The maximum atomic E-state index is 12.7. The van der Waals surface area contributed by atoms with Gasteiger partial charge in [-0.05, 0) is 62.7 Å². The van der Waals surface area contributed by atoms with Crippen molar-refractivity contribution in [3.05, 3.63) is 53.1 Å². The standard InChI is InChI=1S/C23H30N2O4/c1-17-7-5-8-19-22(17)29-16-25(23(19)26)13-6-12-24(2)14-11-18-9-10-20(27-3)21(15-18)28-4/h5,7-10,15H,6,11-14,16H2,1-4H3. The van der Waals surface area contributed by atoms with Crippen LogP contribution in [-0.2, 0) is 6.42 Å². The average molecular weight is 399 g/mol. The van der Waals surface area contributed by atoms with Gasteiger partial charge in [-0.2, -0.15) is 0 Å². The van der Waals surface area contributed by atoms with Crippen molar-refractivity contribution in [1.29, 1.82) is 0 Å². The van der Waals surface area contributed by atoms with E-state index in [2.05, 4.69) is 18.0 Å². The van der Waals surface area contributed by atoms with Crippen LogP contribution in [0.2, 0.25) is 0 Å². The molecular formula is C23H30N2O4. The number of benzene rings is 2. The molecule has 2 aromatic carbocycles. The number of aryl methyl sites for hydroxylation is 1. The quantitative estimate of drug-likeness (QED) is 0.648. The molecule has 3 rings (SSSR count). The number of amides is 1. The van der Waals surface area contributed by atoms with Crippen LogP contribution in [0, 0.1) is 6.92 Å². The number of methoxy groups -OCH3 is 2. The van der Waals surface area contributed by atoms with E-state index >= 15 is 0 Å². The summed E-state index contributed by atoms with van der Waals surface area (Å²) in [6.07, 6.45) is 1.83. The Kier molecular flexibility index (Phi) is 6.99. The second-order valence-electron chi connectivity index (χ2n) is 7.39. The highest BCUT2D eigenvalue weighted by molar-refractivity contribution is 5.98. The first-order chi connectivity index (χ1) is 14.0. The van der Waals surface area contributed by atoms with Gasteiger partial charge in [0.15, 0.2) is 18.2 Å². The molecule has 2 aromatic rings. The molecule has 1 amide bonds. The van der Waals surface area contributed by atoms with Crippen LogP contribution in [0.1, 0.15) is 27.9 Å². The lowest BCUT2D eigenvalue weighted by Crippen LogP contribution is -2.40. The van der Waals surface area contributed by atoms with Gasteiger partial charge in [-0.3, -0.25) is 4.79 Å². The second-order valence-corrected chi connectivity index (χ2v) is 7.39. The van der Waals surface area contributed by atoms with E-state index in [1.54, 1.807) is 19.1 Å². The van der Waals surface area contributed by atoms with E-state index in [9.17, 15) is 4.79 Å². The zero-order chi connectivity index (χ0) is 20.8. The third-order valence-electron chi connectivity index (χ3n) is 5.29. The molecule has 0 atom stereocenters. The van der Waals surface area contributed by atoms with E-state index in [1.807, 2.05) is 37.3 Å². The number of likely N-dealkylation sites (N-methyl/N-ethyl adjacent to an activating group) is 1. The van der Waals surface area contributed by atoms with E-state index in [-0.39, 0.29) is 5.91 Å². The van der Waals surface area contributed by atoms with Crippen molar-refractivity contribution in [3.63, 3.8) is 0 Å². The van der Waals surface area contributed by atoms with E-state index in [0.717, 1.165) is 48.7 Å². The number of fused-ring (bicyclic) bond motifs is 1. The molecule has 0 radical (unpaired) electrons. The first-order valence-electron chi connectivity index (χ1n) is 9.94. The lowest BCUT2D eigenvalue weighted by Gasteiger charge is -2.30. The van der Waals surface area contributed by atoms with Crippen molar-refractivity contribution in [2.45, 2.75) is 19.8 Å². The zero-order valence-corrected chi connectivity index (χ0v) is 17.7. The first kappa shape index (κ1) is 21.0. The van der Waals surface area contributed by atoms with Gasteiger partial charge in [-0.25, -0.2) is 0 Å². The summed E-state index contributed by atoms with van der Waals surface area (Å²) >= 11 is 0. The van der Waals surface area contributed by atoms with Crippen LogP contribution in [0.25, 0.3) is 0 Å². The molecule has 0 unspecified atom stereocenters. The molecule has 1 aliphatic heterocycles. The minimum Gasteiger partial charge on any atom is -0.493 e. The molecule has 0 fully saturated rings. The van der Waals surface area contributed by atoms with E-state index in [0.29, 0.717) is 18.8 Å². The normalized spacial score (nSPS) is 13.3. The molecule has 6 nitrogen and oxygen atoms in total. The third kappa shape index (κ3) is 5.01. The van der Waals surface area contributed by atoms with Gasteiger partial charge in [0.25, 0.3) is 5.91 Å². The van der Waals surface area contributed by atoms with Crippen molar-refractivity contribution in [2.24, 2.45) is 0 Å². The Morgan fingerprint density at radius 2 is 1.90 bits per heavy atom. The van der Waals surface area contributed by atoms with Gasteiger partial charge in [0.1, 0.15) is 5.75 Å². The smallest absolute Gasteiger partial charge is 0.260 e. The number of ether oxygens (including phenoxy) is 3. The average Bonchev–Trinajstić information content (AvgIpc) is 2.74. The van der Waals surface area contributed by atoms with Crippen LogP contribution in [0.4, 0.5) is 0 Å². The fourth-order valence-electron chi connectivity index (χ4n) is 3.55. The zero-order valence-electron chi connectivity index (χ0n) is 17.7. The highest BCUT2D eigenvalue weighted by atomic mass is 16.5. The summed E-state index contributed by atoms with van der Waals surface area (Å²) in [4.78, 5) is 16.7. The summed E-state index contributed by atoms with van der Waals surface area (Å²) in [6.45, 7) is 4.83. The molecule has 0 saturated heterocycles. The SMILES string of the molecule is COc1ccc(CCN(C)CCCN2COc3c(C)cccc3C2=O)cc1OC. The molecule has 156 valence electrons. The van der Waals surface area contributed by atoms with E-state index in [4.69, 9.17) is 14.2 Å². The Morgan fingerprint density at radius 1 is 1.10 bits per heavy atom. The van der Waals surface area contributed by atoms with Crippen molar-refractivity contribution >= 4 is 5.91 Å². The lowest BCUT2D eigenvalue weighted by atomic mass is 10.1. The number of hydrogen-bond acceptors (Lipinski definition) is 5. The molecule has 0 bridgehead atoms. The van der Waals surface area contributed by atoms with Gasteiger partial charge >= 0.3 is 0 Å². The summed E-state index contributed by atoms with van der Waals surface area (Å²) in [6, 6.07) is 11.7. The Labute approximate surface area is 173 Å². The molecule has 1 heterocycles. The number of carbonyl (C=O) groups excluding carboxylic acids is 1. The van der Waals surface area contributed by atoms with Crippen LogP contribution in [0.3, 0.4) is 0 Å². The number of para-hydroxylation sites is 1. The van der Waals surface area contributed by atoms with Crippen LogP contribution >= 0.6 is 0 Å². The molecular weight excluding hydrogens is 368 g/mol. The molecule has 0 saturated carbocycles. The fourth-order valence-corrected chi connectivity index (χ4v) is 3.55. The maximum absolute atomic E-state index is 12.7. The number of nitrogens with zero attached hydrogens (tertiary/aromatic N) is 2. The van der Waals surface area contributed by atoms with Gasteiger partial charge in [-0.15, -0.1) is 0 Å². The lowest BCUT2D eigenvalue weighted by molar-refractivity contribution is 0.0510. The largest absolute Gasteiger partial charge is 0.493 e. The van der Waals surface area contributed by atoms with Gasteiger partial charge < -0.3 is 24.0 Å². The van der Waals surface area contributed by atoms with Crippen LogP contribution in [0.15, 0.2) is 36.4 Å². The molecule has 0 N–H and O–H groups in total. The Balaban J connectivity index is 1.45. The summed E-state index contributed by atoms with van der Waals surface area (Å²) in [5.74, 6) is 2.28. The summed E-state index contributed by atoms with van der Waals surface area (Å²) < 4.78 is 16.5. The minimum atomic E-state index is 0.0583. The number of carbonyl (C=O) groups is 1. The highest BCUT2D eigenvalue weighted by Gasteiger charge is 2.26. The topological polar surface area (TPSA) is 51.2 Å². The third-order valence-corrected chi connectivity index (χ3v) is 5.29. The van der Waals surface area contributed by atoms with Crippen molar-refractivity contribution in [1.82, 2.24) is 9.80 Å².